The van der Waals surface area contributed by atoms with Crippen LogP contribution in [-0.2, 0) is 9.59 Å². The maximum atomic E-state index is 11.6. The molecule has 1 amide bonds. The molecule has 1 aliphatic heterocycles. The van der Waals surface area contributed by atoms with Crippen LogP contribution < -0.4 is 0 Å². The molecule has 1 heterocycles. The Kier molecular flexibility index (Phi) is 3.26. The summed E-state index contributed by atoms with van der Waals surface area (Å²) in [6.07, 6.45) is 1.39. The first-order valence-electron chi connectivity index (χ1n) is 4.87. The van der Waals surface area contributed by atoms with Crippen LogP contribution in [0.5, 0.6) is 0 Å². The van der Waals surface area contributed by atoms with Gasteiger partial charge in [-0.25, -0.2) is 0 Å². The van der Waals surface area contributed by atoms with Crippen molar-refractivity contribution in [2.45, 2.75) is 39.5 Å². The summed E-state index contributed by atoms with van der Waals surface area (Å²) in [6.45, 7) is 5.38. The molecule has 4 heteroatoms. The topological polar surface area (TPSA) is 57.6 Å². The summed E-state index contributed by atoms with van der Waals surface area (Å²) in [5.41, 5.74) is 0. The summed E-state index contributed by atoms with van der Waals surface area (Å²) >= 11 is 0. The summed E-state index contributed by atoms with van der Waals surface area (Å²) in [5.74, 6) is -0.408. The lowest BCUT2D eigenvalue weighted by molar-refractivity contribution is -0.143. The smallest absolute Gasteiger partial charge is 0.228 e. The van der Waals surface area contributed by atoms with E-state index in [0.29, 0.717) is 6.42 Å². The molecule has 0 aromatic heterocycles. The van der Waals surface area contributed by atoms with Gasteiger partial charge in [-0.3, -0.25) is 9.59 Å². The van der Waals surface area contributed by atoms with E-state index in [-0.39, 0.29) is 17.7 Å². The van der Waals surface area contributed by atoms with Crippen molar-refractivity contribution < 1.29 is 14.7 Å². The highest BCUT2D eigenvalue weighted by molar-refractivity contribution is 5.85. The molecule has 79 valence electrons. The Bertz CT molecular complexity index is 240. The van der Waals surface area contributed by atoms with E-state index >= 15 is 0 Å². The minimum atomic E-state index is -0.876. The fourth-order valence-corrected chi connectivity index (χ4v) is 1.70. The Morgan fingerprint density at radius 3 is 2.57 bits per heavy atom. The van der Waals surface area contributed by atoms with Crippen molar-refractivity contribution in [1.82, 2.24) is 4.90 Å². The maximum Gasteiger partial charge on any atom is 0.228 e. The zero-order valence-electron chi connectivity index (χ0n) is 8.73. The number of likely N-dealkylation sites (tertiary alicyclic amines) is 1. The number of nitrogens with zero attached hydrogens (tertiary/aromatic N) is 1. The average molecular weight is 198 g/mol. The molecule has 1 N–H and O–H groups in total. The van der Waals surface area contributed by atoms with Crippen LogP contribution in [0.1, 0.15) is 27.2 Å². The first-order chi connectivity index (χ1) is 6.49. The third-order valence-electron chi connectivity index (χ3n) is 2.61. The van der Waals surface area contributed by atoms with Crippen LogP contribution in [0.4, 0.5) is 0 Å². The number of carbonyl (C=O) groups excluding carboxylic acids is 2. The molecule has 4 nitrogen and oxygen atoms in total. The van der Waals surface area contributed by atoms with Crippen molar-refractivity contribution >= 4 is 12.2 Å². The lowest BCUT2D eigenvalue weighted by atomic mass is 10.1. The predicted octanol–water partition coefficient (Wildman–Crippen LogP) is 0.307. The van der Waals surface area contributed by atoms with Crippen LogP contribution >= 0.6 is 0 Å². The van der Waals surface area contributed by atoms with E-state index in [4.69, 9.17) is 0 Å². The van der Waals surface area contributed by atoms with Crippen LogP contribution in [-0.4, -0.2) is 34.5 Å². The van der Waals surface area contributed by atoms with Gasteiger partial charge in [0, 0.05) is 5.92 Å². The van der Waals surface area contributed by atoms with Crippen LogP contribution in [0.2, 0.25) is 0 Å². The van der Waals surface area contributed by atoms with Crippen LogP contribution in [0.25, 0.3) is 0 Å². The minimum Gasteiger partial charge on any atom is -0.373 e. The number of aliphatic hydroxyl groups is 1. The van der Waals surface area contributed by atoms with E-state index in [9.17, 15) is 14.7 Å². The molecular weight excluding hydrogens is 182 g/mol. The third kappa shape index (κ3) is 1.80. The zero-order chi connectivity index (χ0) is 10.9. The van der Waals surface area contributed by atoms with Crippen LogP contribution in [0, 0.1) is 11.8 Å². The van der Waals surface area contributed by atoms with Gasteiger partial charge in [0.25, 0.3) is 0 Å². The summed E-state index contributed by atoms with van der Waals surface area (Å²) in [7, 11) is 0. The Morgan fingerprint density at radius 2 is 2.14 bits per heavy atom. The highest BCUT2D eigenvalue weighted by atomic mass is 16.3. The zero-order valence-corrected chi connectivity index (χ0v) is 8.73. The number of hydrogen-bond acceptors (Lipinski definition) is 3. The predicted molar refractivity (Wildman–Crippen MR) is 51.0 cm³/mol. The van der Waals surface area contributed by atoms with E-state index in [0.717, 1.165) is 0 Å². The van der Waals surface area contributed by atoms with Crippen LogP contribution in [0.3, 0.4) is 0 Å². The molecule has 0 bridgehead atoms. The average Bonchev–Trinajstić information content (AvgIpc) is 2.42. The second-order valence-corrected chi connectivity index (χ2v) is 4.17. The van der Waals surface area contributed by atoms with Gasteiger partial charge in [0.2, 0.25) is 12.2 Å². The van der Waals surface area contributed by atoms with E-state index < -0.39 is 12.3 Å². The Balaban J connectivity index is 2.83. The van der Waals surface area contributed by atoms with Gasteiger partial charge in [-0.2, -0.15) is 0 Å². The fraction of sp³-hybridized carbons (Fsp3) is 0.800. The summed E-state index contributed by atoms with van der Waals surface area (Å²) in [5, 5.41) is 9.74. The second kappa shape index (κ2) is 4.09. The molecule has 3 atom stereocenters. The Morgan fingerprint density at radius 1 is 1.57 bits per heavy atom. The highest BCUT2D eigenvalue weighted by Gasteiger charge is 2.41. The molecule has 0 spiro atoms. The number of aliphatic hydroxyl groups excluding tert-OH is 1. The van der Waals surface area contributed by atoms with E-state index in [1.54, 1.807) is 13.2 Å². The lowest BCUT2D eigenvalue weighted by Crippen LogP contribution is -2.45. The van der Waals surface area contributed by atoms with Gasteiger partial charge in [-0.15, -0.1) is 0 Å². The number of carbonyl (C=O) groups is 1. The SMILES string of the molecule is CC1CC([C]=O)N([C@@H](O)C(C)C)C1=O. The maximum absolute atomic E-state index is 11.6. The van der Waals surface area contributed by atoms with Gasteiger partial charge in [0.05, 0.1) is 0 Å². The minimum absolute atomic E-state index is 0.0694. The molecule has 0 saturated carbocycles. The quantitative estimate of drug-likeness (QED) is 0.710. The lowest BCUT2D eigenvalue weighted by Gasteiger charge is -2.29. The molecule has 0 aromatic rings. The third-order valence-corrected chi connectivity index (χ3v) is 2.61. The van der Waals surface area contributed by atoms with Gasteiger partial charge in [-0.1, -0.05) is 20.8 Å². The summed E-state index contributed by atoms with van der Waals surface area (Å²) in [6, 6.07) is -0.574. The van der Waals surface area contributed by atoms with Crippen molar-refractivity contribution in [3.8, 4) is 0 Å². The monoisotopic (exact) mass is 198 g/mol. The van der Waals surface area contributed by atoms with Gasteiger partial charge >= 0.3 is 0 Å². The van der Waals surface area contributed by atoms with E-state index in [2.05, 4.69) is 0 Å². The van der Waals surface area contributed by atoms with Crippen molar-refractivity contribution in [3.05, 3.63) is 0 Å². The number of hydrogen-bond donors (Lipinski definition) is 1. The first-order valence-corrected chi connectivity index (χ1v) is 4.87. The van der Waals surface area contributed by atoms with Gasteiger partial charge in [0.1, 0.15) is 12.3 Å². The van der Waals surface area contributed by atoms with Gasteiger partial charge < -0.3 is 10.0 Å². The number of amides is 1. The van der Waals surface area contributed by atoms with E-state index in [1.807, 2.05) is 13.8 Å². The largest absolute Gasteiger partial charge is 0.373 e. The Labute approximate surface area is 83.9 Å². The molecule has 1 fully saturated rings. The first kappa shape index (κ1) is 11.2. The van der Waals surface area contributed by atoms with E-state index in [1.165, 1.54) is 4.90 Å². The molecule has 1 saturated heterocycles. The normalized spacial score (nSPS) is 29.8. The van der Waals surface area contributed by atoms with Crippen LogP contribution in [0.15, 0.2) is 0 Å². The van der Waals surface area contributed by atoms with Crippen molar-refractivity contribution in [1.29, 1.82) is 0 Å². The summed E-state index contributed by atoms with van der Waals surface area (Å²) < 4.78 is 0. The van der Waals surface area contributed by atoms with Crippen molar-refractivity contribution in [2.24, 2.45) is 11.8 Å². The highest BCUT2D eigenvalue weighted by Crippen LogP contribution is 2.26. The summed E-state index contributed by atoms with van der Waals surface area (Å²) in [4.78, 5) is 23.5. The van der Waals surface area contributed by atoms with Crippen molar-refractivity contribution in [2.75, 3.05) is 0 Å². The molecule has 1 rings (SSSR count). The fourth-order valence-electron chi connectivity index (χ4n) is 1.70. The molecule has 1 aliphatic rings. The molecule has 1 radical (unpaired) electrons. The standard InChI is InChI=1S/C10H16NO3/c1-6(2)9(13)11-8(5-12)4-7(3)10(11)14/h6-9,13H,4H2,1-3H3/t7?,8?,9-/m0/s1. The molecule has 0 aromatic carbocycles. The molecular formula is C10H16NO3. The molecule has 0 aliphatic carbocycles. The molecule has 2 unspecified atom stereocenters. The van der Waals surface area contributed by atoms with Crippen molar-refractivity contribution in [3.63, 3.8) is 0 Å². The number of rotatable bonds is 3. The Hall–Kier alpha value is -0.900. The van der Waals surface area contributed by atoms with Gasteiger partial charge in [-0.05, 0) is 12.3 Å². The molecule has 14 heavy (non-hydrogen) atoms. The second-order valence-electron chi connectivity index (χ2n) is 4.17. The van der Waals surface area contributed by atoms with Gasteiger partial charge in [0.15, 0.2) is 0 Å².